The lowest BCUT2D eigenvalue weighted by Crippen LogP contribution is -2.38. The van der Waals surface area contributed by atoms with Gasteiger partial charge in [0, 0.05) is 19.2 Å². The number of carbonyl (C=O) groups is 1. The fourth-order valence-electron chi connectivity index (χ4n) is 0.868. The standard InChI is InChI=1S/C10H22N2O2/c1-4-6-14-7-5-11-10(13)8-12-9(2)3/h9,12H,4-8H2,1-3H3,(H,11,13). The fraction of sp³-hybridized carbons (Fsp3) is 0.900. The first-order valence-corrected chi connectivity index (χ1v) is 5.24. The highest BCUT2D eigenvalue weighted by molar-refractivity contribution is 5.77. The van der Waals surface area contributed by atoms with E-state index in [-0.39, 0.29) is 5.91 Å². The van der Waals surface area contributed by atoms with Gasteiger partial charge in [0.25, 0.3) is 0 Å². The molecule has 0 rings (SSSR count). The van der Waals surface area contributed by atoms with Gasteiger partial charge in [0.2, 0.25) is 5.91 Å². The van der Waals surface area contributed by atoms with Crippen LogP contribution in [0.5, 0.6) is 0 Å². The highest BCUT2D eigenvalue weighted by Crippen LogP contribution is 1.79. The lowest BCUT2D eigenvalue weighted by atomic mass is 10.4. The van der Waals surface area contributed by atoms with Crippen molar-refractivity contribution in [2.45, 2.75) is 33.2 Å². The van der Waals surface area contributed by atoms with Gasteiger partial charge < -0.3 is 15.4 Å². The lowest BCUT2D eigenvalue weighted by molar-refractivity contribution is -0.120. The zero-order valence-electron chi connectivity index (χ0n) is 9.43. The molecule has 0 spiro atoms. The second-order valence-electron chi connectivity index (χ2n) is 3.50. The van der Waals surface area contributed by atoms with Gasteiger partial charge in [-0.1, -0.05) is 20.8 Å². The largest absolute Gasteiger partial charge is 0.380 e. The van der Waals surface area contributed by atoms with Gasteiger partial charge in [0.1, 0.15) is 0 Å². The second kappa shape index (κ2) is 8.97. The summed E-state index contributed by atoms with van der Waals surface area (Å²) in [6.07, 6.45) is 1.02. The van der Waals surface area contributed by atoms with Crippen molar-refractivity contribution in [3.05, 3.63) is 0 Å². The molecule has 0 unspecified atom stereocenters. The first-order valence-electron chi connectivity index (χ1n) is 5.24. The number of carbonyl (C=O) groups excluding carboxylic acids is 1. The summed E-state index contributed by atoms with van der Waals surface area (Å²) in [6.45, 7) is 8.42. The molecule has 0 radical (unpaired) electrons. The molecule has 0 saturated heterocycles. The van der Waals surface area contributed by atoms with E-state index in [1.54, 1.807) is 0 Å². The third-order valence-corrected chi connectivity index (χ3v) is 1.59. The number of ether oxygens (including phenoxy) is 1. The van der Waals surface area contributed by atoms with Crippen molar-refractivity contribution in [2.24, 2.45) is 0 Å². The van der Waals surface area contributed by atoms with E-state index in [9.17, 15) is 4.79 Å². The van der Waals surface area contributed by atoms with E-state index >= 15 is 0 Å². The predicted octanol–water partition coefficient (Wildman–Crippen LogP) is 0.527. The number of nitrogens with one attached hydrogen (secondary N) is 2. The summed E-state index contributed by atoms with van der Waals surface area (Å²) < 4.78 is 5.22. The maximum Gasteiger partial charge on any atom is 0.234 e. The van der Waals surface area contributed by atoms with E-state index in [2.05, 4.69) is 17.6 Å². The Morgan fingerprint density at radius 2 is 2.07 bits per heavy atom. The third kappa shape index (κ3) is 9.48. The van der Waals surface area contributed by atoms with Crippen LogP contribution in [0.2, 0.25) is 0 Å². The summed E-state index contributed by atoms with van der Waals surface area (Å²) in [7, 11) is 0. The van der Waals surface area contributed by atoms with Crippen LogP contribution in [0.3, 0.4) is 0 Å². The first-order chi connectivity index (χ1) is 6.66. The Bertz CT molecular complexity index is 149. The molecule has 0 aliphatic heterocycles. The Hall–Kier alpha value is -0.610. The predicted molar refractivity (Wildman–Crippen MR) is 57.3 cm³/mol. The molecule has 14 heavy (non-hydrogen) atoms. The Morgan fingerprint density at radius 3 is 2.64 bits per heavy atom. The lowest BCUT2D eigenvalue weighted by Gasteiger charge is -2.08. The van der Waals surface area contributed by atoms with Crippen molar-refractivity contribution in [3.63, 3.8) is 0 Å². The van der Waals surface area contributed by atoms with Gasteiger partial charge in [-0.2, -0.15) is 0 Å². The molecule has 0 fully saturated rings. The normalized spacial score (nSPS) is 10.6. The second-order valence-corrected chi connectivity index (χ2v) is 3.50. The molecule has 0 bridgehead atoms. The maximum absolute atomic E-state index is 11.2. The van der Waals surface area contributed by atoms with Crippen LogP contribution >= 0.6 is 0 Å². The molecular weight excluding hydrogens is 180 g/mol. The van der Waals surface area contributed by atoms with E-state index in [4.69, 9.17) is 4.74 Å². The highest BCUT2D eigenvalue weighted by atomic mass is 16.5. The number of hydrogen-bond acceptors (Lipinski definition) is 3. The van der Waals surface area contributed by atoms with Crippen LogP contribution in [0.1, 0.15) is 27.2 Å². The van der Waals surface area contributed by atoms with E-state index in [0.29, 0.717) is 25.7 Å². The highest BCUT2D eigenvalue weighted by Gasteiger charge is 2.00. The molecule has 0 atom stereocenters. The Labute approximate surface area is 86.4 Å². The van der Waals surface area contributed by atoms with Crippen LogP contribution in [0.25, 0.3) is 0 Å². The average Bonchev–Trinajstić information content (AvgIpc) is 2.14. The Morgan fingerprint density at radius 1 is 1.36 bits per heavy atom. The molecule has 0 aliphatic carbocycles. The van der Waals surface area contributed by atoms with Crippen molar-refractivity contribution in [3.8, 4) is 0 Å². The minimum absolute atomic E-state index is 0.0267. The van der Waals surface area contributed by atoms with Crippen LogP contribution in [-0.2, 0) is 9.53 Å². The van der Waals surface area contributed by atoms with Gasteiger partial charge in [0.15, 0.2) is 0 Å². The molecular formula is C10H22N2O2. The summed E-state index contributed by atoms with van der Waals surface area (Å²) in [5, 5.41) is 5.81. The molecule has 0 heterocycles. The topological polar surface area (TPSA) is 50.4 Å². The van der Waals surface area contributed by atoms with Crippen LogP contribution in [0.4, 0.5) is 0 Å². The molecule has 0 aromatic carbocycles. The van der Waals surface area contributed by atoms with E-state index in [1.165, 1.54) is 0 Å². The minimum Gasteiger partial charge on any atom is -0.380 e. The van der Waals surface area contributed by atoms with Crippen molar-refractivity contribution in [1.29, 1.82) is 0 Å². The van der Waals surface area contributed by atoms with Crippen molar-refractivity contribution in [2.75, 3.05) is 26.3 Å². The summed E-state index contributed by atoms with van der Waals surface area (Å²) in [4.78, 5) is 11.2. The summed E-state index contributed by atoms with van der Waals surface area (Å²) >= 11 is 0. The van der Waals surface area contributed by atoms with Crippen LogP contribution in [0.15, 0.2) is 0 Å². The van der Waals surface area contributed by atoms with Crippen LogP contribution < -0.4 is 10.6 Å². The van der Waals surface area contributed by atoms with E-state index < -0.39 is 0 Å². The van der Waals surface area contributed by atoms with Gasteiger partial charge in [-0.25, -0.2) is 0 Å². The minimum atomic E-state index is 0.0267. The molecule has 4 nitrogen and oxygen atoms in total. The Balaban J connectivity index is 3.18. The zero-order chi connectivity index (χ0) is 10.8. The van der Waals surface area contributed by atoms with Gasteiger partial charge in [-0.05, 0) is 6.42 Å². The third-order valence-electron chi connectivity index (χ3n) is 1.59. The quantitative estimate of drug-likeness (QED) is 0.564. The van der Waals surface area contributed by atoms with Gasteiger partial charge in [-0.3, -0.25) is 4.79 Å². The maximum atomic E-state index is 11.2. The number of rotatable bonds is 8. The zero-order valence-corrected chi connectivity index (χ0v) is 9.43. The molecule has 0 aromatic rings. The van der Waals surface area contributed by atoms with Crippen LogP contribution in [-0.4, -0.2) is 38.3 Å². The van der Waals surface area contributed by atoms with Gasteiger partial charge in [-0.15, -0.1) is 0 Å². The summed E-state index contributed by atoms with van der Waals surface area (Å²) in [5.41, 5.74) is 0. The fourth-order valence-corrected chi connectivity index (χ4v) is 0.868. The summed E-state index contributed by atoms with van der Waals surface area (Å²) in [6, 6.07) is 0.345. The molecule has 2 N–H and O–H groups in total. The van der Waals surface area contributed by atoms with E-state index in [0.717, 1.165) is 13.0 Å². The van der Waals surface area contributed by atoms with Crippen LogP contribution in [0, 0.1) is 0 Å². The Kier molecular flexibility index (Phi) is 8.57. The van der Waals surface area contributed by atoms with Crippen molar-refractivity contribution >= 4 is 5.91 Å². The van der Waals surface area contributed by atoms with Gasteiger partial charge >= 0.3 is 0 Å². The first kappa shape index (κ1) is 13.4. The molecule has 4 heteroatoms. The monoisotopic (exact) mass is 202 g/mol. The smallest absolute Gasteiger partial charge is 0.234 e. The number of amides is 1. The molecule has 0 saturated carbocycles. The molecule has 84 valence electrons. The SMILES string of the molecule is CCCOCCNC(=O)CNC(C)C. The van der Waals surface area contributed by atoms with E-state index in [1.807, 2.05) is 13.8 Å². The average molecular weight is 202 g/mol. The molecule has 0 aliphatic rings. The summed E-state index contributed by atoms with van der Waals surface area (Å²) in [5.74, 6) is 0.0267. The molecule has 0 aromatic heterocycles. The van der Waals surface area contributed by atoms with Crippen molar-refractivity contribution < 1.29 is 9.53 Å². The molecule has 1 amide bonds. The van der Waals surface area contributed by atoms with Crippen molar-refractivity contribution in [1.82, 2.24) is 10.6 Å². The number of hydrogen-bond donors (Lipinski definition) is 2. The van der Waals surface area contributed by atoms with Gasteiger partial charge in [0.05, 0.1) is 13.2 Å².